The molecule has 0 spiro atoms. The van der Waals surface area contributed by atoms with Gasteiger partial charge in [0.2, 0.25) is 0 Å². The number of carboxylic acid groups (broad SMARTS) is 1. The summed E-state index contributed by atoms with van der Waals surface area (Å²) in [7, 11) is 0. The van der Waals surface area contributed by atoms with E-state index >= 15 is 0 Å². The molecule has 6 nitrogen and oxygen atoms in total. The van der Waals surface area contributed by atoms with Crippen LogP contribution >= 0.6 is 0 Å². The average molecular weight is 322 g/mol. The molecule has 1 aliphatic heterocycles. The molecule has 1 fully saturated rings. The molecule has 6 heteroatoms. The lowest BCUT2D eigenvalue weighted by atomic mass is 9.98. The molecule has 3 aromatic rings. The van der Waals surface area contributed by atoms with Crippen molar-refractivity contribution in [3.63, 3.8) is 0 Å². The van der Waals surface area contributed by atoms with Gasteiger partial charge < -0.3 is 14.4 Å². The average Bonchev–Trinajstić information content (AvgIpc) is 3.06. The Balaban J connectivity index is 1.65. The molecule has 0 saturated carbocycles. The maximum Gasteiger partial charge on any atom is 0.308 e. The summed E-state index contributed by atoms with van der Waals surface area (Å²) in [4.78, 5) is 22.3. The van der Waals surface area contributed by atoms with Crippen molar-refractivity contribution in [2.24, 2.45) is 5.92 Å². The van der Waals surface area contributed by atoms with E-state index in [9.17, 15) is 9.90 Å². The number of rotatable bonds is 3. The van der Waals surface area contributed by atoms with Crippen LogP contribution in [0.1, 0.15) is 12.8 Å². The maximum atomic E-state index is 11.3. The summed E-state index contributed by atoms with van der Waals surface area (Å²) in [5, 5.41) is 9.26. The Bertz CT molecular complexity index is 875. The van der Waals surface area contributed by atoms with Gasteiger partial charge in [-0.1, -0.05) is 6.07 Å². The van der Waals surface area contributed by atoms with E-state index in [1.807, 2.05) is 47.1 Å². The minimum atomic E-state index is -0.708. The zero-order chi connectivity index (χ0) is 16.5. The van der Waals surface area contributed by atoms with Crippen LogP contribution in [-0.4, -0.2) is 38.5 Å². The monoisotopic (exact) mass is 322 g/mol. The predicted octanol–water partition coefficient (Wildman–Crippen LogP) is 2.70. The standard InChI is InChI=1S/C18H18N4O2/c23-18(24)13-4-3-9-21(10-13)14-6-7-17-20-16(12-22(17)11-14)15-5-1-2-8-19-15/h1-2,5-8,11-13H,3-4,9-10H2,(H,23,24). The quantitative estimate of drug-likeness (QED) is 0.803. The van der Waals surface area contributed by atoms with Gasteiger partial charge in [-0.2, -0.15) is 0 Å². The zero-order valence-electron chi connectivity index (χ0n) is 13.2. The van der Waals surface area contributed by atoms with Gasteiger partial charge in [-0.3, -0.25) is 9.78 Å². The Labute approximate surface area is 139 Å². The fraction of sp³-hybridized carbons (Fsp3) is 0.278. The third-order valence-electron chi connectivity index (χ3n) is 4.50. The number of aromatic nitrogens is 3. The van der Waals surface area contributed by atoms with E-state index in [-0.39, 0.29) is 5.92 Å². The summed E-state index contributed by atoms with van der Waals surface area (Å²) in [6, 6.07) is 9.73. The van der Waals surface area contributed by atoms with Crippen molar-refractivity contribution < 1.29 is 9.90 Å². The summed E-state index contributed by atoms with van der Waals surface area (Å²) in [6.45, 7) is 1.44. The second-order valence-electron chi connectivity index (χ2n) is 6.12. The number of aliphatic carboxylic acids is 1. The first-order valence-electron chi connectivity index (χ1n) is 8.08. The van der Waals surface area contributed by atoms with Gasteiger partial charge in [0.25, 0.3) is 0 Å². The molecule has 1 N–H and O–H groups in total. The lowest BCUT2D eigenvalue weighted by molar-refractivity contribution is -0.141. The molecule has 3 aromatic heterocycles. The van der Waals surface area contributed by atoms with Gasteiger partial charge in [-0.05, 0) is 37.1 Å². The predicted molar refractivity (Wildman–Crippen MR) is 91.0 cm³/mol. The first-order valence-corrected chi connectivity index (χ1v) is 8.08. The molecule has 1 aliphatic rings. The maximum absolute atomic E-state index is 11.3. The highest BCUT2D eigenvalue weighted by atomic mass is 16.4. The molecule has 0 aliphatic carbocycles. The molecular formula is C18H18N4O2. The molecule has 0 amide bonds. The molecule has 1 saturated heterocycles. The van der Waals surface area contributed by atoms with Crippen LogP contribution in [0.3, 0.4) is 0 Å². The Hall–Kier alpha value is -2.89. The highest BCUT2D eigenvalue weighted by Gasteiger charge is 2.25. The summed E-state index contributed by atoms with van der Waals surface area (Å²) >= 11 is 0. The lowest BCUT2D eigenvalue weighted by Crippen LogP contribution is -2.38. The van der Waals surface area contributed by atoms with Crippen molar-refractivity contribution in [1.29, 1.82) is 0 Å². The zero-order valence-corrected chi connectivity index (χ0v) is 13.2. The minimum absolute atomic E-state index is 0.290. The third kappa shape index (κ3) is 2.71. The minimum Gasteiger partial charge on any atom is -0.481 e. The van der Waals surface area contributed by atoms with Crippen LogP contribution in [0.25, 0.3) is 17.0 Å². The number of hydrogen-bond donors (Lipinski definition) is 1. The van der Waals surface area contributed by atoms with E-state index in [1.165, 1.54) is 0 Å². The Morgan fingerprint density at radius 2 is 2.08 bits per heavy atom. The van der Waals surface area contributed by atoms with Crippen molar-refractivity contribution in [1.82, 2.24) is 14.4 Å². The van der Waals surface area contributed by atoms with Gasteiger partial charge in [0.05, 0.1) is 17.3 Å². The van der Waals surface area contributed by atoms with Crippen LogP contribution in [-0.2, 0) is 4.79 Å². The number of anilines is 1. The Morgan fingerprint density at radius 1 is 1.17 bits per heavy atom. The Morgan fingerprint density at radius 3 is 2.88 bits per heavy atom. The van der Waals surface area contributed by atoms with E-state index in [0.717, 1.165) is 42.1 Å². The third-order valence-corrected chi connectivity index (χ3v) is 4.50. The van der Waals surface area contributed by atoms with E-state index in [2.05, 4.69) is 14.9 Å². The molecule has 1 atom stereocenters. The second-order valence-corrected chi connectivity index (χ2v) is 6.12. The topological polar surface area (TPSA) is 70.7 Å². The molecule has 4 rings (SSSR count). The summed E-state index contributed by atoms with van der Waals surface area (Å²) in [6.07, 6.45) is 7.38. The first-order chi connectivity index (χ1) is 11.7. The van der Waals surface area contributed by atoms with Gasteiger partial charge in [-0.25, -0.2) is 4.98 Å². The normalized spacial score (nSPS) is 18.0. The van der Waals surface area contributed by atoms with Crippen LogP contribution in [0.2, 0.25) is 0 Å². The molecule has 24 heavy (non-hydrogen) atoms. The van der Waals surface area contributed by atoms with Crippen LogP contribution < -0.4 is 4.90 Å². The molecule has 0 radical (unpaired) electrons. The fourth-order valence-electron chi connectivity index (χ4n) is 3.22. The Kier molecular flexibility index (Phi) is 3.65. The summed E-state index contributed by atoms with van der Waals surface area (Å²) in [5.41, 5.74) is 3.55. The van der Waals surface area contributed by atoms with Crippen LogP contribution in [0.5, 0.6) is 0 Å². The number of fused-ring (bicyclic) bond motifs is 1. The smallest absolute Gasteiger partial charge is 0.308 e. The SMILES string of the molecule is O=C(O)C1CCCN(c2ccc3nc(-c4ccccn4)cn3c2)C1. The fourth-order valence-corrected chi connectivity index (χ4v) is 3.22. The van der Waals surface area contributed by atoms with Crippen LogP contribution in [0.15, 0.2) is 48.9 Å². The van der Waals surface area contributed by atoms with Gasteiger partial charge in [-0.15, -0.1) is 0 Å². The van der Waals surface area contributed by atoms with Crippen molar-refractivity contribution in [2.75, 3.05) is 18.0 Å². The molecule has 0 aromatic carbocycles. The summed E-state index contributed by atoms with van der Waals surface area (Å²) < 4.78 is 1.98. The van der Waals surface area contributed by atoms with Gasteiger partial charge in [0.15, 0.2) is 0 Å². The molecule has 1 unspecified atom stereocenters. The second kappa shape index (κ2) is 5.96. The van der Waals surface area contributed by atoms with Gasteiger partial charge in [0.1, 0.15) is 11.3 Å². The first kappa shape index (κ1) is 14.7. The number of hydrogen-bond acceptors (Lipinski definition) is 4. The number of nitrogens with zero attached hydrogens (tertiary/aromatic N) is 4. The number of pyridine rings is 2. The van der Waals surface area contributed by atoms with E-state index in [4.69, 9.17) is 0 Å². The number of imidazole rings is 1. The number of piperidine rings is 1. The van der Waals surface area contributed by atoms with Gasteiger partial charge in [0, 0.05) is 31.7 Å². The molecular weight excluding hydrogens is 304 g/mol. The highest BCUT2D eigenvalue weighted by molar-refractivity contribution is 5.71. The van der Waals surface area contributed by atoms with E-state index in [0.29, 0.717) is 6.54 Å². The van der Waals surface area contributed by atoms with Crippen molar-refractivity contribution >= 4 is 17.3 Å². The molecule has 0 bridgehead atoms. The van der Waals surface area contributed by atoms with Crippen LogP contribution in [0.4, 0.5) is 5.69 Å². The largest absolute Gasteiger partial charge is 0.481 e. The van der Waals surface area contributed by atoms with Crippen LogP contribution in [0, 0.1) is 5.92 Å². The number of carbonyl (C=O) groups is 1. The lowest BCUT2D eigenvalue weighted by Gasteiger charge is -2.32. The molecule has 4 heterocycles. The van der Waals surface area contributed by atoms with Crippen molar-refractivity contribution in [3.05, 3.63) is 48.9 Å². The molecule has 122 valence electrons. The van der Waals surface area contributed by atoms with E-state index in [1.54, 1.807) is 6.20 Å². The van der Waals surface area contributed by atoms with Crippen molar-refractivity contribution in [3.8, 4) is 11.4 Å². The van der Waals surface area contributed by atoms with Gasteiger partial charge >= 0.3 is 5.97 Å². The highest BCUT2D eigenvalue weighted by Crippen LogP contribution is 2.25. The number of carboxylic acids is 1. The van der Waals surface area contributed by atoms with E-state index < -0.39 is 5.97 Å². The van der Waals surface area contributed by atoms with Crippen molar-refractivity contribution in [2.45, 2.75) is 12.8 Å². The summed E-state index contributed by atoms with van der Waals surface area (Å²) in [5.74, 6) is -0.998.